The molecule has 0 aromatic heterocycles. The molecule has 1 unspecified atom stereocenters. The number of carbonyl (C=O) groups is 2. The molecular formula is C6H8O5. The summed E-state index contributed by atoms with van der Waals surface area (Å²) in [6.45, 7) is 1.24. The minimum absolute atomic E-state index is 0.630. The van der Waals surface area contributed by atoms with E-state index in [0.29, 0.717) is 6.08 Å². The van der Waals surface area contributed by atoms with Crippen molar-refractivity contribution < 1.29 is 24.5 Å². The van der Waals surface area contributed by atoms with Crippen molar-refractivity contribution >= 4 is 11.9 Å². The van der Waals surface area contributed by atoms with Gasteiger partial charge in [-0.3, -0.25) is 0 Å². The normalized spacial score (nSPS) is 12.9. The van der Waals surface area contributed by atoms with E-state index in [0.717, 1.165) is 6.08 Å². The van der Waals surface area contributed by atoms with Crippen LogP contribution in [0.1, 0.15) is 6.92 Å². The van der Waals surface area contributed by atoms with Crippen LogP contribution in [-0.2, 0) is 14.3 Å². The Balaban J connectivity index is 3.78. The number of esters is 1. The van der Waals surface area contributed by atoms with Crippen LogP contribution in [0.4, 0.5) is 0 Å². The van der Waals surface area contributed by atoms with Crippen LogP contribution in [0.2, 0.25) is 0 Å². The van der Waals surface area contributed by atoms with Crippen LogP contribution in [-0.4, -0.2) is 28.4 Å². The Morgan fingerprint density at radius 2 is 2.00 bits per heavy atom. The molecule has 0 saturated carbocycles. The SMILES string of the molecule is CC(O)OC(=O)/C=C\C(=O)O. The Kier molecular flexibility index (Phi) is 3.90. The summed E-state index contributed by atoms with van der Waals surface area (Å²) in [5, 5.41) is 16.5. The zero-order valence-electron chi connectivity index (χ0n) is 5.85. The second-order valence-corrected chi connectivity index (χ2v) is 1.71. The topological polar surface area (TPSA) is 83.8 Å². The fraction of sp³-hybridized carbons (Fsp3) is 0.333. The number of ether oxygens (including phenoxy) is 1. The Morgan fingerprint density at radius 1 is 1.45 bits per heavy atom. The summed E-state index contributed by atoms with van der Waals surface area (Å²) in [6, 6.07) is 0. The molecule has 11 heavy (non-hydrogen) atoms. The van der Waals surface area contributed by atoms with Crippen molar-refractivity contribution in [2.24, 2.45) is 0 Å². The molecule has 0 aliphatic heterocycles. The molecule has 0 aliphatic carbocycles. The van der Waals surface area contributed by atoms with Crippen LogP contribution in [0.5, 0.6) is 0 Å². The molecular weight excluding hydrogens is 152 g/mol. The van der Waals surface area contributed by atoms with Gasteiger partial charge in [0.05, 0.1) is 0 Å². The highest BCUT2D eigenvalue weighted by Crippen LogP contribution is 1.87. The fourth-order valence-electron chi connectivity index (χ4n) is 0.347. The molecule has 0 aliphatic rings. The average molecular weight is 160 g/mol. The summed E-state index contributed by atoms with van der Waals surface area (Å²) in [6.07, 6.45) is 0.126. The van der Waals surface area contributed by atoms with Crippen LogP contribution in [0, 0.1) is 0 Å². The quantitative estimate of drug-likeness (QED) is 0.330. The lowest BCUT2D eigenvalue weighted by molar-refractivity contribution is -0.158. The van der Waals surface area contributed by atoms with Gasteiger partial charge in [0.2, 0.25) is 0 Å². The number of hydrogen-bond donors (Lipinski definition) is 2. The molecule has 0 heterocycles. The minimum atomic E-state index is -1.24. The number of rotatable bonds is 3. The van der Waals surface area contributed by atoms with Crippen molar-refractivity contribution in [3.63, 3.8) is 0 Å². The third kappa shape index (κ3) is 6.53. The zero-order valence-corrected chi connectivity index (χ0v) is 5.85. The maximum atomic E-state index is 10.4. The number of carbonyl (C=O) groups excluding carboxylic acids is 1. The third-order valence-electron chi connectivity index (χ3n) is 0.649. The molecule has 0 rings (SSSR count). The number of carboxylic acid groups (broad SMARTS) is 1. The number of hydrogen-bond acceptors (Lipinski definition) is 4. The number of aliphatic hydroxyl groups is 1. The second kappa shape index (κ2) is 4.45. The van der Waals surface area contributed by atoms with Crippen molar-refractivity contribution in [3.8, 4) is 0 Å². The second-order valence-electron chi connectivity index (χ2n) is 1.71. The highest BCUT2D eigenvalue weighted by Gasteiger charge is 2.01. The Morgan fingerprint density at radius 3 is 2.36 bits per heavy atom. The van der Waals surface area contributed by atoms with Gasteiger partial charge in [-0.25, -0.2) is 9.59 Å². The maximum Gasteiger partial charge on any atom is 0.333 e. The Bertz CT molecular complexity index is 181. The fourth-order valence-corrected chi connectivity index (χ4v) is 0.347. The molecule has 0 spiro atoms. The zero-order chi connectivity index (χ0) is 8.85. The molecule has 0 saturated heterocycles. The van der Waals surface area contributed by atoms with Gasteiger partial charge in [-0.2, -0.15) is 0 Å². The molecule has 1 atom stereocenters. The van der Waals surface area contributed by atoms with E-state index >= 15 is 0 Å². The van der Waals surface area contributed by atoms with E-state index in [1.165, 1.54) is 6.92 Å². The smallest absolute Gasteiger partial charge is 0.333 e. The van der Waals surface area contributed by atoms with E-state index in [-0.39, 0.29) is 0 Å². The molecule has 5 heteroatoms. The largest absolute Gasteiger partial charge is 0.478 e. The van der Waals surface area contributed by atoms with E-state index in [1.807, 2.05) is 0 Å². The molecule has 0 amide bonds. The number of aliphatic hydroxyl groups excluding tert-OH is 1. The molecule has 2 N–H and O–H groups in total. The summed E-state index contributed by atoms with van der Waals surface area (Å²) >= 11 is 0. The van der Waals surface area contributed by atoms with Crippen molar-refractivity contribution in [1.29, 1.82) is 0 Å². The summed E-state index contributed by atoms with van der Waals surface area (Å²) in [7, 11) is 0. The lowest BCUT2D eigenvalue weighted by atomic mass is 10.5. The lowest BCUT2D eigenvalue weighted by Gasteiger charge is -2.01. The highest BCUT2D eigenvalue weighted by atomic mass is 16.6. The maximum absolute atomic E-state index is 10.4. The highest BCUT2D eigenvalue weighted by molar-refractivity contribution is 5.90. The van der Waals surface area contributed by atoms with Gasteiger partial charge in [0.25, 0.3) is 0 Å². The van der Waals surface area contributed by atoms with E-state index in [4.69, 9.17) is 10.2 Å². The van der Waals surface area contributed by atoms with Crippen LogP contribution < -0.4 is 0 Å². The Labute approximate surface area is 62.9 Å². The molecule has 0 aromatic rings. The first-order valence-corrected chi connectivity index (χ1v) is 2.82. The third-order valence-corrected chi connectivity index (χ3v) is 0.649. The van der Waals surface area contributed by atoms with Gasteiger partial charge >= 0.3 is 11.9 Å². The van der Waals surface area contributed by atoms with Crippen molar-refractivity contribution in [2.45, 2.75) is 13.2 Å². The standard InChI is InChI=1S/C6H8O5/c1-4(7)11-6(10)3-2-5(8)9/h2-4,7H,1H3,(H,8,9)/b3-2-. The molecule has 5 nitrogen and oxygen atoms in total. The van der Waals surface area contributed by atoms with Gasteiger partial charge in [0.15, 0.2) is 6.29 Å². The van der Waals surface area contributed by atoms with Gasteiger partial charge < -0.3 is 14.9 Å². The van der Waals surface area contributed by atoms with Crippen LogP contribution >= 0.6 is 0 Å². The average Bonchev–Trinajstić information content (AvgIpc) is 1.82. The summed E-state index contributed by atoms with van der Waals surface area (Å²) in [5.41, 5.74) is 0. The van der Waals surface area contributed by atoms with Crippen molar-refractivity contribution in [2.75, 3.05) is 0 Å². The molecule has 62 valence electrons. The molecule has 0 bridgehead atoms. The van der Waals surface area contributed by atoms with E-state index in [1.54, 1.807) is 0 Å². The van der Waals surface area contributed by atoms with Crippen LogP contribution in [0.25, 0.3) is 0 Å². The van der Waals surface area contributed by atoms with E-state index in [2.05, 4.69) is 4.74 Å². The van der Waals surface area contributed by atoms with Crippen LogP contribution in [0.3, 0.4) is 0 Å². The molecule has 0 aromatic carbocycles. The first kappa shape index (κ1) is 9.64. The van der Waals surface area contributed by atoms with E-state index < -0.39 is 18.2 Å². The molecule has 0 radical (unpaired) electrons. The minimum Gasteiger partial charge on any atom is -0.478 e. The lowest BCUT2D eigenvalue weighted by Crippen LogP contribution is -2.11. The monoisotopic (exact) mass is 160 g/mol. The predicted molar refractivity (Wildman–Crippen MR) is 34.5 cm³/mol. The Hall–Kier alpha value is -1.36. The summed E-state index contributed by atoms with van der Waals surface area (Å²) in [5.74, 6) is -2.13. The van der Waals surface area contributed by atoms with Gasteiger partial charge in [0.1, 0.15) is 0 Å². The van der Waals surface area contributed by atoms with Crippen LogP contribution in [0.15, 0.2) is 12.2 Å². The van der Waals surface area contributed by atoms with Gasteiger partial charge in [-0.15, -0.1) is 0 Å². The van der Waals surface area contributed by atoms with Crippen molar-refractivity contribution in [1.82, 2.24) is 0 Å². The van der Waals surface area contributed by atoms with E-state index in [9.17, 15) is 9.59 Å². The first-order chi connectivity index (χ1) is 5.02. The van der Waals surface area contributed by atoms with Gasteiger partial charge in [-0.05, 0) is 6.92 Å². The van der Waals surface area contributed by atoms with Gasteiger partial charge in [0, 0.05) is 12.2 Å². The molecule has 0 fully saturated rings. The first-order valence-electron chi connectivity index (χ1n) is 2.82. The number of carboxylic acids is 1. The van der Waals surface area contributed by atoms with Gasteiger partial charge in [-0.1, -0.05) is 0 Å². The summed E-state index contributed by atoms with van der Waals surface area (Å²) < 4.78 is 4.17. The number of aliphatic carboxylic acids is 1. The predicted octanol–water partition coefficient (Wildman–Crippen LogP) is -0.491. The summed E-state index contributed by atoms with van der Waals surface area (Å²) in [4.78, 5) is 20.3. The van der Waals surface area contributed by atoms with Crippen molar-refractivity contribution in [3.05, 3.63) is 12.2 Å².